The zero-order valence-electron chi connectivity index (χ0n) is 7.65. The van der Waals surface area contributed by atoms with E-state index in [2.05, 4.69) is 20.1 Å². The topological polar surface area (TPSA) is 69.9 Å². The van der Waals surface area contributed by atoms with Crippen LogP contribution in [0.5, 0.6) is 0 Å². The fourth-order valence-corrected chi connectivity index (χ4v) is 0.746. The van der Waals surface area contributed by atoms with Crippen molar-refractivity contribution in [3.8, 4) is 0 Å². The van der Waals surface area contributed by atoms with E-state index >= 15 is 0 Å². The third kappa shape index (κ3) is 3.18. The monoisotopic (exact) mass is 224 g/mol. The van der Waals surface area contributed by atoms with Crippen molar-refractivity contribution in [2.24, 2.45) is 0 Å². The molecule has 1 aromatic heterocycles. The number of aromatic nitrogens is 4. The number of hydrogen-bond acceptors (Lipinski definition) is 5. The first-order valence-corrected chi connectivity index (χ1v) is 3.94. The highest BCUT2D eigenvalue weighted by Crippen LogP contribution is 2.24. The summed E-state index contributed by atoms with van der Waals surface area (Å²) in [6, 6.07) is 0. The molecule has 0 saturated heterocycles. The Morgan fingerprint density at radius 1 is 1.53 bits per heavy atom. The van der Waals surface area contributed by atoms with E-state index in [9.17, 15) is 18.0 Å². The zero-order valence-corrected chi connectivity index (χ0v) is 7.65. The maximum atomic E-state index is 12.0. The molecule has 0 aliphatic rings. The predicted octanol–water partition coefficient (Wildman–Crippen LogP) is 0.255. The van der Waals surface area contributed by atoms with Crippen LogP contribution in [0.2, 0.25) is 0 Å². The van der Waals surface area contributed by atoms with Crippen molar-refractivity contribution in [3.05, 3.63) is 5.82 Å². The van der Waals surface area contributed by atoms with Crippen LogP contribution >= 0.6 is 0 Å². The molecule has 0 unspecified atom stereocenters. The molecular weight excluding hydrogens is 217 g/mol. The summed E-state index contributed by atoms with van der Waals surface area (Å²) in [5.74, 6) is -2.10. The first-order chi connectivity index (χ1) is 6.93. The van der Waals surface area contributed by atoms with Gasteiger partial charge in [0, 0.05) is 0 Å². The molecule has 0 fully saturated rings. The van der Waals surface area contributed by atoms with Gasteiger partial charge in [0.05, 0.1) is 6.61 Å². The molecule has 6 nitrogen and oxygen atoms in total. The fraction of sp³-hybridized carbons (Fsp3) is 0.667. The average Bonchev–Trinajstić information content (AvgIpc) is 2.52. The van der Waals surface area contributed by atoms with Crippen LogP contribution in [0.25, 0.3) is 0 Å². The van der Waals surface area contributed by atoms with E-state index in [4.69, 9.17) is 0 Å². The van der Waals surface area contributed by atoms with Gasteiger partial charge in [0.25, 0.3) is 5.82 Å². The van der Waals surface area contributed by atoms with Gasteiger partial charge in [0.15, 0.2) is 6.54 Å². The number of nitrogens with zero attached hydrogens (tertiary/aromatic N) is 4. The number of halogens is 3. The molecule has 0 aliphatic carbocycles. The molecule has 0 spiro atoms. The Kier molecular flexibility index (Phi) is 3.22. The lowest BCUT2D eigenvalue weighted by Gasteiger charge is -1.99. The molecule has 0 N–H and O–H groups in total. The molecule has 1 aromatic rings. The number of tetrazole rings is 1. The number of alkyl halides is 3. The molecule has 0 amide bonds. The van der Waals surface area contributed by atoms with E-state index in [1.807, 2.05) is 0 Å². The van der Waals surface area contributed by atoms with Crippen molar-refractivity contribution in [1.82, 2.24) is 20.2 Å². The highest BCUT2D eigenvalue weighted by molar-refractivity contribution is 5.68. The van der Waals surface area contributed by atoms with E-state index in [1.165, 1.54) is 0 Å². The van der Waals surface area contributed by atoms with Crippen molar-refractivity contribution in [2.45, 2.75) is 19.6 Å². The Labute approximate surface area is 82.0 Å². The Morgan fingerprint density at radius 3 is 2.67 bits per heavy atom. The minimum absolute atomic E-state index is 0.139. The van der Waals surface area contributed by atoms with Gasteiger partial charge in [-0.1, -0.05) is 0 Å². The molecule has 0 aromatic carbocycles. The second-order valence-electron chi connectivity index (χ2n) is 2.45. The van der Waals surface area contributed by atoms with Gasteiger partial charge in [-0.3, -0.25) is 0 Å². The lowest BCUT2D eigenvalue weighted by molar-refractivity contribution is -0.147. The molecule has 0 bridgehead atoms. The van der Waals surface area contributed by atoms with Gasteiger partial charge in [0.2, 0.25) is 0 Å². The van der Waals surface area contributed by atoms with E-state index in [1.54, 1.807) is 6.92 Å². The molecular formula is C6H7F3N4O2. The number of hydrogen-bond donors (Lipinski definition) is 0. The summed E-state index contributed by atoms with van der Waals surface area (Å²) in [5.41, 5.74) is 0. The Bertz CT molecular complexity index is 348. The smallest absolute Gasteiger partial charge is 0.455 e. The van der Waals surface area contributed by atoms with Crippen molar-refractivity contribution in [3.63, 3.8) is 0 Å². The predicted molar refractivity (Wildman–Crippen MR) is 39.5 cm³/mol. The van der Waals surface area contributed by atoms with Gasteiger partial charge in [-0.05, 0) is 12.1 Å². The van der Waals surface area contributed by atoms with E-state index in [0.717, 1.165) is 0 Å². The number of carbonyl (C=O) groups excluding carboxylic acids is 1. The van der Waals surface area contributed by atoms with E-state index < -0.39 is 24.5 Å². The summed E-state index contributed by atoms with van der Waals surface area (Å²) in [6.07, 6.45) is -4.66. The third-order valence-electron chi connectivity index (χ3n) is 1.28. The van der Waals surface area contributed by atoms with Crippen LogP contribution in [-0.2, 0) is 22.3 Å². The van der Waals surface area contributed by atoms with Gasteiger partial charge >= 0.3 is 12.1 Å². The molecule has 0 saturated carbocycles. The Morgan fingerprint density at radius 2 is 2.20 bits per heavy atom. The first-order valence-electron chi connectivity index (χ1n) is 3.94. The lowest BCUT2D eigenvalue weighted by Crippen LogP contribution is -2.16. The van der Waals surface area contributed by atoms with Crippen LogP contribution in [0.1, 0.15) is 12.7 Å². The first kappa shape index (κ1) is 11.4. The standard InChI is InChI=1S/C6H7F3N4O2/c1-2-15-4(14)3-13-11-5(10-12-13)6(7,8)9/h2-3H2,1H3. The van der Waals surface area contributed by atoms with Crippen LogP contribution in [0.3, 0.4) is 0 Å². The molecule has 15 heavy (non-hydrogen) atoms. The van der Waals surface area contributed by atoms with Crippen LogP contribution in [-0.4, -0.2) is 32.8 Å². The number of carbonyl (C=O) groups is 1. The minimum atomic E-state index is -4.66. The highest BCUT2D eigenvalue weighted by Gasteiger charge is 2.36. The summed E-state index contributed by atoms with van der Waals surface area (Å²) < 4.78 is 40.5. The number of rotatable bonds is 3. The average molecular weight is 224 g/mol. The van der Waals surface area contributed by atoms with Crippen molar-refractivity contribution >= 4 is 5.97 Å². The molecule has 0 radical (unpaired) electrons. The zero-order chi connectivity index (χ0) is 11.5. The molecule has 1 rings (SSSR count). The van der Waals surface area contributed by atoms with Gasteiger partial charge in [0.1, 0.15) is 0 Å². The number of ether oxygens (including phenoxy) is 1. The summed E-state index contributed by atoms with van der Waals surface area (Å²) in [4.78, 5) is 11.4. The van der Waals surface area contributed by atoms with Crippen molar-refractivity contribution < 1.29 is 22.7 Å². The molecule has 0 atom stereocenters. The Hall–Kier alpha value is -1.67. The summed E-state index contributed by atoms with van der Waals surface area (Å²) in [5, 5.41) is 8.78. The Balaban J connectivity index is 2.65. The second kappa shape index (κ2) is 4.24. The fourth-order valence-electron chi connectivity index (χ4n) is 0.746. The van der Waals surface area contributed by atoms with Crippen molar-refractivity contribution in [1.29, 1.82) is 0 Å². The van der Waals surface area contributed by atoms with Gasteiger partial charge in [-0.2, -0.15) is 18.0 Å². The maximum Gasteiger partial charge on any atom is 0.455 e. The third-order valence-corrected chi connectivity index (χ3v) is 1.28. The van der Waals surface area contributed by atoms with Crippen LogP contribution in [0.4, 0.5) is 13.2 Å². The number of esters is 1. The molecule has 84 valence electrons. The van der Waals surface area contributed by atoms with E-state index in [-0.39, 0.29) is 6.61 Å². The normalized spacial score (nSPS) is 11.5. The van der Waals surface area contributed by atoms with Crippen LogP contribution < -0.4 is 0 Å². The second-order valence-corrected chi connectivity index (χ2v) is 2.45. The quantitative estimate of drug-likeness (QED) is 0.688. The van der Waals surface area contributed by atoms with Gasteiger partial charge in [-0.25, -0.2) is 4.79 Å². The molecule has 0 aliphatic heterocycles. The summed E-state index contributed by atoms with van der Waals surface area (Å²) in [6.45, 7) is 1.23. The van der Waals surface area contributed by atoms with E-state index in [0.29, 0.717) is 4.80 Å². The molecule has 1 heterocycles. The summed E-state index contributed by atoms with van der Waals surface area (Å²) in [7, 11) is 0. The minimum Gasteiger partial charge on any atom is -0.465 e. The lowest BCUT2D eigenvalue weighted by atomic mass is 10.6. The van der Waals surface area contributed by atoms with Gasteiger partial charge in [-0.15, -0.1) is 10.2 Å². The highest BCUT2D eigenvalue weighted by atomic mass is 19.4. The maximum absolute atomic E-state index is 12.0. The summed E-state index contributed by atoms with van der Waals surface area (Å²) >= 11 is 0. The molecule has 9 heteroatoms. The van der Waals surface area contributed by atoms with Crippen LogP contribution in [0.15, 0.2) is 0 Å². The van der Waals surface area contributed by atoms with Crippen LogP contribution in [0, 0.1) is 0 Å². The largest absolute Gasteiger partial charge is 0.465 e. The van der Waals surface area contributed by atoms with Gasteiger partial charge < -0.3 is 4.74 Å². The van der Waals surface area contributed by atoms with Crippen molar-refractivity contribution in [2.75, 3.05) is 6.61 Å². The SMILES string of the molecule is CCOC(=O)Cn1nnc(C(F)(F)F)n1.